The number of hydrogen-bond acceptors (Lipinski definition) is 3. The van der Waals surface area contributed by atoms with Gasteiger partial charge in [0.2, 0.25) is 0 Å². The Balaban J connectivity index is 2.20. The Bertz CT molecular complexity index is 273. The first-order chi connectivity index (χ1) is 6.59. The molecule has 0 aromatic carbocycles. The Morgan fingerprint density at radius 3 is 2.57 bits per heavy atom. The summed E-state index contributed by atoms with van der Waals surface area (Å²) in [7, 11) is 0. The van der Waals surface area contributed by atoms with Crippen LogP contribution in [0.3, 0.4) is 0 Å². The minimum Gasteiger partial charge on any atom is -0.481 e. The molecule has 2 aliphatic rings. The summed E-state index contributed by atoms with van der Waals surface area (Å²) in [5, 5.41) is 18.6. The third kappa shape index (κ3) is 1.43. The zero-order chi connectivity index (χ0) is 10.3. The fourth-order valence-corrected chi connectivity index (χ4v) is 2.88. The van der Waals surface area contributed by atoms with Gasteiger partial charge in [-0.2, -0.15) is 0 Å². The van der Waals surface area contributed by atoms with E-state index in [2.05, 4.69) is 0 Å². The smallest absolute Gasteiger partial charge is 0.307 e. The highest BCUT2D eigenvalue weighted by atomic mass is 16.4. The van der Waals surface area contributed by atoms with Gasteiger partial charge in [-0.05, 0) is 24.7 Å². The molecule has 0 spiro atoms. The van der Waals surface area contributed by atoms with Crippen molar-refractivity contribution in [3.63, 3.8) is 0 Å². The number of hydrogen-bond donors (Lipinski definition) is 2. The van der Waals surface area contributed by atoms with Crippen LogP contribution in [0.15, 0.2) is 0 Å². The summed E-state index contributed by atoms with van der Waals surface area (Å²) >= 11 is 0. The molecule has 14 heavy (non-hydrogen) atoms. The van der Waals surface area contributed by atoms with Gasteiger partial charge < -0.3 is 10.2 Å². The molecule has 2 rings (SSSR count). The molecular weight excluding hydrogens is 184 g/mol. The molecule has 2 N–H and O–H groups in total. The number of rotatable bonds is 1. The maximum absolute atomic E-state index is 11.3. The van der Waals surface area contributed by atoms with Crippen molar-refractivity contribution in [2.75, 3.05) is 0 Å². The predicted octanol–water partition coefficient (Wildman–Crippen LogP) is 0.437. The number of carboxylic acids is 1. The van der Waals surface area contributed by atoms with Gasteiger partial charge in [0.15, 0.2) is 0 Å². The number of carbonyl (C=O) groups is 2. The fourth-order valence-electron chi connectivity index (χ4n) is 2.88. The largest absolute Gasteiger partial charge is 0.481 e. The van der Waals surface area contributed by atoms with E-state index in [1.54, 1.807) is 0 Å². The zero-order valence-electron chi connectivity index (χ0n) is 7.85. The van der Waals surface area contributed by atoms with Gasteiger partial charge >= 0.3 is 5.97 Å². The molecule has 0 amide bonds. The van der Waals surface area contributed by atoms with Crippen molar-refractivity contribution in [1.82, 2.24) is 0 Å². The highest BCUT2D eigenvalue weighted by Gasteiger charge is 2.47. The van der Waals surface area contributed by atoms with E-state index in [1.165, 1.54) is 0 Å². The molecule has 0 saturated heterocycles. The molecule has 0 aromatic heterocycles. The van der Waals surface area contributed by atoms with Crippen molar-refractivity contribution in [2.45, 2.75) is 31.8 Å². The van der Waals surface area contributed by atoms with Crippen molar-refractivity contribution < 1.29 is 19.8 Å². The first-order valence-electron chi connectivity index (χ1n) is 5.02. The number of carbonyl (C=O) groups excluding carboxylic acids is 1. The lowest BCUT2D eigenvalue weighted by atomic mass is 9.73. The number of fused-ring (bicyclic) bond motifs is 1. The Hall–Kier alpha value is -0.900. The number of ketones is 1. The van der Waals surface area contributed by atoms with Crippen LogP contribution in [0.5, 0.6) is 0 Å². The molecule has 2 aliphatic carbocycles. The Kier molecular flexibility index (Phi) is 2.31. The van der Waals surface area contributed by atoms with Crippen LogP contribution in [-0.2, 0) is 9.59 Å². The molecule has 0 unspecified atom stereocenters. The second-order valence-electron chi connectivity index (χ2n) is 4.36. The summed E-state index contributed by atoms with van der Waals surface area (Å²) in [6.45, 7) is 0. The molecule has 0 bridgehead atoms. The van der Waals surface area contributed by atoms with Crippen molar-refractivity contribution in [2.24, 2.45) is 17.8 Å². The standard InChI is InChI=1S/C10H14O4/c11-5-3-7-6(1-2-9(7)12)8(4-5)10(13)14/h6-9,12H,1-4H2,(H,13,14)/t6-,7-,8-,9+/m1/s1. The molecule has 0 heterocycles. The predicted molar refractivity (Wildman–Crippen MR) is 47.6 cm³/mol. The minimum absolute atomic E-state index is 0.0141. The molecule has 0 aromatic rings. The highest BCUT2D eigenvalue weighted by Crippen LogP contribution is 2.44. The molecule has 0 aliphatic heterocycles. The fraction of sp³-hybridized carbons (Fsp3) is 0.800. The topological polar surface area (TPSA) is 74.6 Å². The van der Waals surface area contributed by atoms with Crippen LogP contribution in [0.4, 0.5) is 0 Å². The molecule has 4 nitrogen and oxygen atoms in total. The Labute approximate surface area is 81.9 Å². The molecule has 4 atom stereocenters. The van der Waals surface area contributed by atoms with Gasteiger partial charge in [-0.15, -0.1) is 0 Å². The van der Waals surface area contributed by atoms with E-state index in [9.17, 15) is 14.7 Å². The number of carboxylic acid groups (broad SMARTS) is 1. The van der Waals surface area contributed by atoms with Crippen LogP contribution in [0.25, 0.3) is 0 Å². The van der Waals surface area contributed by atoms with Crippen molar-refractivity contribution in [3.05, 3.63) is 0 Å². The third-order valence-electron chi connectivity index (χ3n) is 3.58. The lowest BCUT2D eigenvalue weighted by molar-refractivity contribution is -0.149. The average molecular weight is 198 g/mol. The SMILES string of the molecule is O=C1C[C@@H]2[C@@H](CC[C@@H]2O)[C@H](C(=O)O)C1. The van der Waals surface area contributed by atoms with Crippen LogP contribution in [0.1, 0.15) is 25.7 Å². The first kappa shape index (κ1) is 9.65. The van der Waals surface area contributed by atoms with Gasteiger partial charge in [-0.1, -0.05) is 0 Å². The van der Waals surface area contributed by atoms with Gasteiger partial charge in [0.1, 0.15) is 5.78 Å². The van der Waals surface area contributed by atoms with Crippen molar-refractivity contribution in [1.29, 1.82) is 0 Å². The van der Waals surface area contributed by atoms with Crippen molar-refractivity contribution in [3.8, 4) is 0 Å². The van der Waals surface area contributed by atoms with Gasteiger partial charge in [-0.3, -0.25) is 9.59 Å². The molecule has 4 heteroatoms. The second-order valence-corrected chi connectivity index (χ2v) is 4.36. The summed E-state index contributed by atoms with van der Waals surface area (Å²) in [5.74, 6) is -1.54. The van der Waals surface area contributed by atoms with Gasteiger partial charge in [0, 0.05) is 12.8 Å². The monoisotopic (exact) mass is 198 g/mol. The van der Waals surface area contributed by atoms with Crippen LogP contribution < -0.4 is 0 Å². The van der Waals surface area contributed by atoms with E-state index in [4.69, 9.17) is 5.11 Å². The number of aliphatic hydroxyl groups is 1. The number of aliphatic hydroxyl groups excluding tert-OH is 1. The van der Waals surface area contributed by atoms with E-state index in [0.29, 0.717) is 12.8 Å². The van der Waals surface area contributed by atoms with Gasteiger partial charge in [0.05, 0.1) is 12.0 Å². The second kappa shape index (κ2) is 3.35. The summed E-state index contributed by atoms with van der Waals surface area (Å²) in [4.78, 5) is 22.2. The summed E-state index contributed by atoms with van der Waals surface area (Å²) < 4.78 is 0. The lowest BCUT2D eigenvalue weighted by Gasteiger charge is -2.31. The maximum Gasteiger partial charge on any atom is 0.307 e. The number of aliphatic carboxylic acids is 1. The summed E-state index contributed by atoms with van der Waals surface area (Å²) in [6.07, 6.45) is 1.45. The molecule has 2 fully saturated rings. The molecular formula is C10H14O4. The van der Waals surface area contributed by atoms with E-state index in [0.717, 1.165) is 6.42 Å². The van der Waals surface area contributed by atoms with Gasteiger partial charge in [0.25, 0.3) is 0 Å². The minimum atomic E-state index is -0.887. The lowest BCUT2D eigenvalue weighted by Crippen LogP contribution is -2.37. The number of Topliss-reactive ketones (excluding diaryl/α,β-unsaturated/α-hetero) is 1. The van der Waals surface area contributed by atoms with E-state index in [1.807, 2.05) is 0 Å². The zero-order valence-corrected chi connectivity index (χ0v) is 7.85. The highest BCUT2D eigenvalue weighted by molar-refractivity contribution is 5.85. The maximum atomic E-state index is 11.3. The average Bonchev–Trinajstić information content (AvgIpc) is 2.47. The molecule has 0 radical (unpaired) electrons. The van der Waals surface area contributed by atoms with E-state index >= 15 is 0 Å². The van der Waals surface area contributed by atoms with Gasteiger partial charge in [-0.25, -0.2) is 0 Å². The molecule has 2 saturated carbocycles. The Morgan fingerprint density at radius 2 is 1.93 bits per heavy atom. The molecule has 78 valence electrons. The third-order valence-corrected chi connectivity index (χ3v) is 3.58. The van der Waals surface area contributed by atoms with E-state index in [-0.39, 0.29) is 24.0 Å². The Morgan fingerprint density at radius 1 is 1.21 bits per heavy atom. The van der Waals surface area contributed by atoms with Crippen LogP contribution in [-0.4, -0.2) is 28.1 Å². The van der Waals surface area contributed by atoms with Crippen LogP contribution in [0.2, 0.25) is 0 Å². The van der Waals surface area contributed by atoms with Crippen LogP contribution >= 0.6 is 0 Å². The van der Waals surface area contributed by atoms with Crippen LogP contribution in [0, 0.1) is 17.8 Å². The first-order valence-corrected chi connectivity index (χ1v) is 5.02. The van der Waals surface area contributed by atoms with E-state index < -0.39 is 18.0 Å². The normalized spacial score (nSPS) is 42.2. The summed E-state index contributed by atoms with van der Waals surface area (Å²) in [6, 6.07) is 0. The summed E-state index contributed by atoms with van der Waals surface area (Å²) in [5.41, 5.74) is 0. The quantitative estimate of drug-likeness (QED) is 0.641. The van der Waals surface area contributed by atoms with Crippen molar-refractivity contribution >= 4 is 11.8 Å².